The molecule has 9 rings (SSSR count). The van der Waals surface area contributed by atoms with E-state index in [0.717, 1.165) is 0 Å². The first-order valence-electron chi connectivity index (χ1n) is 12.6. The molecule has 0 aliphatic heterocycles. The zero-order valence-corrected chi connectivity index (χ0v) is 19.5. The lowest BCUT2D eigenvalue weighted by atomic mass is 9.88. The number of rotatable bonds is 1. The molecule has 0 heterocycles. The van der Waals surface area contributed by atoms with Gasteiger partial charge in [0, 0.05) is 0 Å². The zero-order valence-electron chi connectivity index (χ0n) is 19.5. The summed E-state index contributed by atoms with van der Waals surface area (Å²) < 4.78 is 0. The average molecular weight is 453 g/mol. The molecule has 0 unspecified atom stereocenters. The monoisotopic (exact) mass is 452 g/mol. The lowest BCUT2D eigenvalue weighted by Crippen LogP contribution is -1.87. The predicted octanol–water partition coefficient (Wildman–Crippen LogP) is 10.2. The number of hydrogen-bond donors (Lipinski definition) is 0. The van der Waals surface area contributed by atoms with Gasteiger partial charge in [-0.25, -0.2) is 0 Å². The molecule has 0 fully saturated rings. The second-order valence-electron chi connectivity index (χ2n) is 10.2. The molecule has 0 atom stereocenters. The first-order chi connectivity index (χ1) is 17.8. The van der Waals surface area contributed by atoms with Crippen molar-refractivity contribution in [2.45, 2.75) is 0 Å². The van der Waals surface area contributed by atoms with Crippen LogP contribution in [0.5, 0.6) is 0 Å². The van der Waals surface area contributed by atoms with Crippen LogP contribution in [0.15, 0.2) is 121 Å². The van der Waals surface area contributed by atoms with Crippen LogP contribution in [0.25, 0.3) is 87.2 Å². The van der Waals surface area contributed by atoms with E-state index in [0.29, 0.717) is 0 Å². The fraction of sp³-hybridized carbons (Fsp3) is 0. The van der Waals surface area contributed by atoms with E-state index in [9.17, 15) is 0 Å². The zero-order chi connectivity index (χ0) is 23.4. The second kappa shape index (κ2) is 6.50. The van der Waals surface area contributed by atoms with Crippen LogP contribution < -0.4 is 0 Å². The summed E-state index contributed by atoms with van der Waals surface area (Å²) in [5, 5.41) is 13.4. The highest BCUT2D eigenvalue weighted by molar-refractivity contribution is 6.32. The first-order valence-corrected chi connectivity index (χ1v) is 12.6. The van der Waals surface area contributed by atoms with Gasteiger partial charge in [0.15, 0.2) is 0 Å². The molecule has 0 nitrogen and oxygen atoms in total. The molecule has 8 aromatic rings. The Bertz CT molecular complexity index is 2180. The molecule has 0 saturated heterocycles. The van der Waals surface area contributed by atoms with Gasteiger partial charge in [0.25, 0.3) is 0 Å². The first kappa shape index (κ1) is 18.6. The van der Waals surface area contributed by atoms with Crippen LogP contribution in [-0.2, 0) is 0 Å². The van der Waals surface area contributed by atoms with Gasteiger partial charge in [-0.05, 0) is 130 Å². The Kier molecular flexibility index (Phi) is 3.36. The van der Waals surface area contributed by atoms with Gasteiger partial charge in [-0.15, -0.1) is 0 Å². The maximum absolute atomic E-state index is 2.44. The molecule has 0 heteroatoms. The summed E-state index contributed by atoms with van der Waals surface area (Å²) in [5.74, 6) is 0. The highest BCUT2D eigenvalue weighted by Crippen LogP contribution is 2.53. The maximum atomic E-state index is 2.44. The van der Waals surface area contributed by atoms with Crippen molar-refractivity contribution in [2.24, 2.45) is 0 Å². The van der Waals surface area contributed by atoms with Crippen LogP contribution in [0.4, 0.5) is 0 Å². The van der Waals surface area contributed by atoms with Crippen molar-refractivity contribution < 1.29 is 0 Å². The van der Waals surface area contributed by atoms with Gasteiger partial charge in [0.05, 0.1) is 0 Å². The van der Waals surface area contributed by atoms with Crippen molar-refractivity contribution in [2.75, 3.05) is 0 Å². The summed E-state index contributed by atoms with van der Waals surface area (Å²) in [6.45, 7) is 0. The smallest absolute Gasteiger partial charge is 0.00137 e. The summed E-state index contributed by atoms with van der Waals surface area (Å²) in [6.07, 6.45) is 0. The normalized spacial score (nSPS) is 12.4. The quantitative estimate of drug-likeness (QED) is 0.172. The van der Waals surface area contributed by atoms with Gasteiger partial charge in [-0.3, -0.25) is 0 Å². The van der Waals surface area contributed by atoms with E-state index >= 15 is 0 Å². The largest absolute Gasteiger partial charge is 0.0622 e. The third-order valence-electron chi connectivity index (χ3n) is 8.23. The van der Waals surface area contributed by atoms with Crippen molar-refractivity contribution >= 4 is 53.9 Å². The molecule has 8 aromatic carbocycles. The summed E-state index contributed by atoms with van der Waals surface area (Å²) in [6, 6.07) is 45.3. The molecule has 0 N–H and O–H groups in total. The van der Waals surface area contributed by atoms with Crippen LogP contribution in [0.2, 0.25) is 0 Å². The van der Waals surface area contributed by atoms with E-state index in [-0.39, 0.29) is 0 Å². The van der Waals surface area contributed by atoms with Gasteiger partial charge >= 0.3 is 0 Å². The SMILES string of the molecule is c1ccc(-c2cc3ccc4ccc5c6c(cc(c2)c3c46)-c2cc3cc4ccccc4cc3cc2-5)cc1. The van der Waals surface area contributed by atoms with Gasteiger partial charge < -0.3 is 0 Å². The van der Waals surface area contributed by atoms with E-state index in [1.165, 1.54) is 87.2 Å². The Morgan fingerprint density at radius 2 is 0.861 bits per heavy atom. The summed E-state index contributed by atoms with van der Waals surface area (Å²) in [5.41, 5.74) is 7.98. The third-order valence-corrected chi connectivity index (χ3v) is 8.23. The molecule has 0 saturated carbocycles. The summed E-state index contributed by atoms with van der Waals surface area (Å²) in [7, 11) is 0. The van der Waals surface area contributed by atoms with E-state index in [1.54, 1.807) is 0 Å². The van der Waals surface area contributed by atoms with Gasteiger partial charge in [-0.2, -0.15) is 0 Å². The third kappa shape index (κ3) is 2.34. The Morgan fingerprint density at radius 1 is 0.250 bits per heavy atom. The van der Waals surface area contributed by atoms with Gasteiger partial charge in [-0.1, -0.05) is 78.9 Å². The number of benzene rings is 8. The molecular weight excluding hydrogens is 432 g/mol. The van der Waals surface area contributed by atoms with E-state index in [4.69, 9.17) is 0 Å². The van der Waals surface area contributed by atoms with Crippen molar-refractivity contribution in [3.8, 4) is 33.4 Å². The van der Waals surface area contributed by atoms with E-state index in [1.807, 2.05) is 0 Å². The van der Waals surface area contributed by atoms with Crippen LogP contribution in [-0.4, -0.2) is 0 Å². The van der Waals surface area contributed by atoms with Crippen LogP contribution in [0, 0.1) is 0 Å². The van der Waals surface area contributed by atoms with Gasteiger partial charge in [0.1, 0.15) is 0 Å². The molecular formula is C36H20. The molecule has 36 heavy (non-hydrogen) atoms. The number of hydrogen-bond acceptors (Lipinski definition) is 0. The lowest BCUT2D eigenvalue weighted by molar-refractivity contribution is 1.66. The Balaban J connectivity index is 1.42. The maximum Gasteiger partial charge on any atom is -0.00137 e. The minimum absolute atomic E-state index is 1.26. The topological polar surface area (TPSA) is 0 Å². The van der Waals surface area contributed by atoms with E-state index < -0.39 is 0 Å². The van der Waals surface area contributed by atoms with Crippen LogP contribution >= 0.6 is 0 Å². The lowest BCUT2D eigenvalue weighted by Gasteiger charge is -2.15. The van der Waals surface area contributed by atoms with Crippen molar-refractivity contribution in [3.05, 3.63) is 121 Å². The molecule has 0 amide bonds. The standard InChI is InChI=1S/C36H20/c1-2-6-21(7-3-1)26-16-25-11-10-22-12-13-30-31-18-27-14-23-8-4-5-9-24(23)15-28(27)19-32(31)33-20-29(17-26)34(25)35(22)36(30)33/h1-20H. The Labute approximate surface area is 208 Å². The Hall–Kier alpha value is -4.68. The van der Waals surface area contributed by atoms with Gasteiger partial charge in [0.2, 0.25) is 0 Å². The van der Waals surface area contributed by atoms with E-state index in [2.05, 4.69) is 121 Å². The summed E-state index contributed by atoms with van der Waals surface area (Å²) in [4.78, 5) is 0. The molecule has 0 spiro atoms. The minimum atomic E-state index is 1.26. The Morgan fingerprint density at radius 3 is 1.64 bits per heavy atom. The molecule has 0 bridgehead atoms. The average Bonchev–Trinajstić information content (AvgIpc) is 3.24. The fourth-order valence-corrected chi connectivity index (χ4v) is 6.61. The molecule has 0 radical (unpaired) electrons. The summed E-state index contributed by atoms with van der Waals surface area (Å²) >= 11 is 0. The van der Waals surface area contributed by atoms with Crippen LogP contribution in [0.3, 0.4) is 0 Å². The molecule has 164 valence electrons. The highest BCUT2D eigenvalue weighted by atomic mass is 14.3. The molecule has 0 aromatic heterocycles. The molecule has 1 aliphatic carbocycles. The number of fused-ring (bicyclic) bond motifs is 5. The van der Waals surface area contributed by atoms with Crippen molar-refractivity contribution in [1.82, 2.24) is 0 Å². The highest BCUT2D eigenvalue weighted by Gasteiger charge is 2.25. The minimum Gasteiger partial charge on any atom is -0.0622 e. The van der Waals surface area contributed by atoms with Crippen molar-refractivity contribution in [1.29, 1.82) is 0 Å². The molecule has 1 aliphatic rings. The van der Waals surface area contributed by atoms with Crippen molar-refractivity contribution in [3.63, 3.8) is 0 Å². The van der Waals surface area contributed by atoms with Crippen LogP contribution in [0.1, 0.15) is 0 Å². The predicted molar refractivity (Wildman–Crippen MR) is 155 cm³/mol. The fourth-order valence-electron chi connectivity index (χ4n) is 6.61. The second-order valence-corrected chi connectivity index (χ2v) is 10.2.